The van der Waals surface area contributed by atoms with Gasteiger partial charge in [0.25, 0.3) is 11.8 Å². The normalized spacial score (nSPS) is 15.7. The Hall–Kier alpha value is -2.51. The number of carboxylic acid groups (broad SMARTS) is 1. The molecule has 1 atom stereocenters. The number of alkyl halides is 3. The number of anilines is 1. The fourth-order valence-corrected chi connectivity index (χ4v) is 4.60. The highest BCUT2D eigenvalue weighted by atomic mass is 32.1. The van der Waals surface area contributed by atoms with Crippen LogP contribution in [0.3, 0.4) is 0 Å². The summed E-state index contributed by atoms with van der Waals surface area (Å²) in [5.41, 5.74) is 0.635. The van der Waals surface area contributed by atoms with Crippen LogP contribution in [-0.2, 0) is 4.79 Å². The van der Waals surface area contributed by atoms with Gasteiger partial charge in [-0.15, -0.1) is 11.3 Å². The van der Waals surface area contributed by atoms with E-state index in [0.717, 1.165) is 13.0 Å². The largest absolute Gasteiger partial charge is 0.490 e. The molecule has 3 N–H and O–H groups in total. The molecule has 3 rings (SSSR count). The van der Waals surface area contributed by atoms with E-state index >= 15 is 0 Å². The molecule has 1 aliphatic heterocycles. The Morgan fingerprint density at radius 3 is 2.42 bits per heavy atom. The first-order chi connectivity index (χ1) is 14.4. The average Bonchev–Trinajstić information content (AvgIpc) is 3.41. The van der Waals surface area contributed by atoms with Crippen LogP contribution < -0.4 is 10.6 Å². The fourth-order valence-electron chi connectivity index (χ4n) is 2.60. The van der Waals surface area contributed by atoms with Crippen molar-refractivity contribution >= 4 is 45.6 Å². The zero-order valence-corrected chi connectivity index (χ0v) is 18.5. The van der Waals surface area contributed by atoms with Gasteiger partial charge in [0.05, 0.1) is 10.6 Å². The number of hydrogen-bond acceptors (Lipinski definition) is 7. The predicted molar refractivity (Wildman–Crippen MR) is 111 cm³/mol. The van der Waals surface area contributed by atoms with Gasteiger partial charge in [-0.1, -0.05) is 11.3 Å². The van der Waals surface area contributed by atoms with E-state index in [4.69, 9.17) is 9.90 Å². The van der Waals surface area contributed by atoms with Gasteiger partial charge in [0.15, 0.2) is 5.13 Å². The molecule has 2 amide bonds. The first-order valence-electron chi connectivity index (χ1n) is 9.03. The summed E-state index contributed by atoms with van der Waals surface area (Å²) in [4.78, 5) is 41.6. The summed E-state index contributed by atoms with van der Waals surface area (Å²) in [5, 5.41) is 13.8. The number of halogens is 3. The topological polar surface area (TPSA) is 112 Å². The maximum absolute atomic E-state index is 12.4. The standard InChI is InChI=1S/C16H20N4O2S2.C2HF3O2/c1-9-13(15(22)20(2)3)24-16(18-9)19-14(21)12-7-6-11(23-12)10-5-4-8-17-10;3-2(4,5)1(6)7/h6-7,10,17H,4-5,8H2,1-3H3,(H,18,19,21);(H,6,7). The van der Waals surface area contributed by atoms with Crippen molar-refractivity contribution in [3.05, 3.63) is 32.5 Å². The molecule has 0 radical (unpaired) electrons. The van der Waals surface area contributed by atoms with E-state index in [1.54, 1.807) is 21.0 Å². The smallest absolute Gasteiger partial charge is 0.475 e. The number of carboxylic acids is 1. The Kier molecular flexibility index (Phi) is 8.14. The first kappa shape index (κ1) is 24.8. The molecular weight excluding hydrogens is 457 g/mol. The molecule has 1 aliphatic rings. The number of carbonyl (C=O) groups excluding carboxylic acids is 2. The average molecular weight is 479 g/mol. The monoisotopic (exact) mass is 478 g/mol. The van der Waals surface area contributed by atoms with Crippen molar-refractivity contribution in [1.82, 2.24) is 15.2 Å². The molecular formula is C18H21F3N4O4S2. The van der Waals surface area contributed by atoms with Crippen molar-refractivity contribution in [1.29, 1.82) is 0 Å². The Morgan fingerprint density at radius 2 is 1.90 bits per heavy atom. The molecule has 0 spiro atoms. The third-order valence-corrected chi connectivity index (χ3v) is 6.37. The molecule has 13 heteroatoms. The molecule has 2 aromatic heterocycles. The maximum atomic E-state index is 12.4. The van der Waals surface area contributed by atoms with Crippen molar-refractivity contribution < 1.29 is 32.7 Å². The van der Waals surface area contributed by atoms with E-state index in [0.29, 0.717) is 26.6 Å². The van der Waals surface area contributed by atoms with Crippen LogP contribution in [0.15, 0.2) is 12.1 Å². The van der Waals surface area contributed by atoms with Crippen LogP contribution in [0, 0.1) is 6.92 Å². The highest BCUT2D eigenvalue weighted by molar-refractivity contribution is 7.18. The number of rotatable bonds is 4. The third kappa shape index (κ3) is 6.74. The number of aliphatic carboxylic acids is 1. The lowest BCUT2D eigenvalue weighted by molar-refractivity contribution is -0.192. The number of carbonyl (C=O) groups is 3. The number of thiophene rings is 1. The molecule has 0 bridgehead atoms. The van der Waals surface area contributed by atoms with E-state index in [-0.39, 0.29) is 11.8 Å². The number of aryl methyl sites for hydroxylation is 1. The van der Waals surface area contributed by atoms with Gasteiger partial charge in [-0.05, 0) is 38.4 Å². The van der Waals surface area contributed by atoms with Crippen LogP contribution in [0.5, 0.6) is 0 Å². The molecule has 1 unspecified atom stereocenters. The van der Waals surface area contributed by atoms with Crippen LogP contribution in [0.4, 0.5) is 18.3 Å². The highest BCUT2D eigenvalue weighted by Gasteiger charge is 2.38. The molecule has 0 aromatic carbocycles. The summed E-state index contributed by atoms with van der Waals surface area (Å²) in [7, 11) is 3.40. The first-order valence-corrected chi connectivity index (χ1v) is 10.7. The van der Waals surface area contributed by atoms with Crippen LogP contribution in [0.25, 0.3) is 0 Å². The van der Waals surface area contributed by atoms with Crippen LogP contribution in [0.1, 0.15) is 48.8 Å². The summed E-state index contributed by atoms with van der Waals surface area (Å²) in [5.74, 6) is -3.04. The van der Waals surface area contributed by atoms with Gasteiger partial charge in [0, 0.05) is 25.0 Å². The van der Waals surface area contributed by atoms with Gasteiger partial charge in [-0.25, -0.2) is 9.78 Å². The molecule has 2 aromatic rings. The lowest BCUT2D eigenvalue weighted by Crippen LogP contribution is -2.21. The lowest BCUT2D eigenvalue weighted by atomic mass is 10.2. The third-order valence-electron chi connectivity index (χ3n) is 4.11. The van der Waals surface area contributed by atoms with Gasteiger partial charge in [0.2, 0.25) is 0 Å². The zero-order chi connectivity index (χ0) is 23.3. The Labute approximate surface area is 184 Å². The minimum absolute atomic E-state index is 0.101. The molecule has 8 nitrogen and oxygen atoms in total. The maximum Gasteiger partial charge on any atom is 0.490 e. The molecule has 0 saturated carbocycles. The molecule has 170 valence electrons. The Balaban J connectivity index is 0.000000423. The minimum atomic E-state index is -5.08. The second-order valence-corrected chi connectivity index (χ2v) is 8.86. The van der Waals surface area contributed by atoms with Gasteiger partial charge < -0.3 is 15.3 Å². The van der Waals surface area contributed by atoms with E-state index in [2.05, 4.69) is 15.6 Å². The summed E-state index contributed by atoms with van der Waals surface area (Å²) >= 11 is 2.72. The molecule has 3 heterocycles. The van der Waals surface area contributed by atoms with Gasteiger partial charge in [0.1, 0.15) is 4.88 Å². The quantitative estimate of drug-likeness (QED) is 0.620. The van der Waals surface area contributed by atoms with Gasteiger partial charge >= 0.3 is 12.1 Å². The Morgan fingerprint density at radius 1 is 1.26 bits per heavy atom. The van der Waals surface area contributed by atoms with Gasteiger partial charge in [-0.2, -0.15) is 13.2 Å². The number of nitrogens with one attached hydrogen (secondary N) is 2. The number of nitrogens with zero attached hydrogens (tertiary/aromatic N) is 2. The van der Waals surface area contributed by atoms with Gasteiger partial charge in [-0.3, -0.25) is 14.9 Å². The SMILES string of the molecule is Cc1nc(NC(=O)c2ccc(C3CCCN3)s2)sc1C(=O)N(C)C.O=C(O)C(F)(F)F. The van der Waals surface area contributed by atoms with Crippen molar-refractivity contribution in [2.24, 2.45) is 0 Å². The molecule has 1 saturated heterocycles. The summed E-state index contributed by atoms with van der Waals surface area (Å²) in [6, 6.07) is 4.22. The molecule has 1 fully saturated rings. The van der Waals surface area contributed by atoms with Crippen molar-refractivity contribution in [3.8, 4) is 0 Å². The lowest BCUT2D eigenvalue weighted by Gasteiger charge is -2.07. The Bertz CT molecular complexity index is 950. The number of aromatic nitrogens is 1. The predicted octanol–water partition coefficient (Wildman–Crippen LogP) is 3.52. The zero-order valence-electron chi connectivity index (χ0n) is 16.9. The fraction of sp³-hybridized carbons (Fsp3) is 0.444. The van der Waals surface area contributed by atoms with Crippen LogP contribution >= 0.6 is 22.7 Å². The van der Waals surface area contributed by atoms with Crippen molar-refractivity contribution in [2.45, 2.75) is 32.0 Å². The molecule has 0 aliphatic carbocycles. The van der Waals surface area contributed by atoms with E-state index in [1.165, 1.54) is 38.9 Å². The number of thiazole rings is 1. The number of amides is 2. The summed E-state index contributed by atoms with van der Waals surface area (Å²) < 4.78 is 31.7. The van der Waals surface area contributed by atoms with E-state index in [9.17, 15) is 22.8 Å². The van der Waals surface area contributed by atoms with E-state index in [1.807, 2.05) is 12.1 Å². The van der Waals surface area contributed by atoms with Crippen LogP contribution in [0.2, 0.25) is 0 Å². The minimum Gasteiger partial charge on any atom is -0.475 e. The van der Waals surface area contributed by atoms with Crippen molar-refractivity contribution in [3.63, 3.8) is 0 Å². The highest BCUT2D eigenvalue weighted by Crippen LogP contribution is 2.30. The van der Waals surface area contributed by atoms with Crippen molar-refractivity contribution in [2.75, 3.05) is 26.0 Å². The molecule has 31 heavy (non-hydrogen) atoms. The second-order valence-electron chi connectivity index (χ2n) is 6.74. The summed E-state index contributed by atoms with van der Waals surface area (Å²) in [6.07, 6.45) is -2.80. The second kappa shape index (κ2) is 10.2. The number of hydrogen-bond donors (Lipinski definition) is 3. The van der Waals surface area contributed by atoms with E-state index < -0.39 is 12.1 Å². The van der Waals surface area contributed by atoms with Crippen LogP contribution in [-0.4, -0.2) is 59.6 Å². The summed E-state index contributed by atoms with van der Waals surface area (Å²) in [6.45, 7) is 2.81.